The van der Waals surface area contributed by atoms with Gasteiger partial charge in [-0.2, -0.15) is 0 Å². The van der Waals surface area contributed by atoms with E-state index in [4.69, 9.17) is 4.98 Å². The van der Waals surface area contributed by atoms with Crippen molar-refractivity contribution >= 4 is 22.9 Å². The van der Waals surface area contributed by atoms with Crippen LogP contribution in [0.25, 0.3) is 0 Å². The Hall–Kier alpha value is -0.850. The largest absolute Gasteiger partial charge is 0.312 e. The van der Waals surface area contributed by atoms with Crippen molar-refractivity contribution in [1.29, 1.82) is 0 Å². The summed E-state index contributed by atoms with van der Waals surface area (Å²) in [6, 6.07) is 0.255. The zero-order valence-electron chi connectivity index (χ0n) is 13.4. The van der Waals surface area contributed by atoms with E-state index in [9.17, 15) is 0 Å². The molecule has 1 N–H and O–H groups in total. The smallest absolute Gasteiger partial charge is 0.0947 e. The van der Waals surface area contributed by atoms with Crippen LogP contribution in [0.4, 0.5) is 0 Å². The Balaban J connectivity index is 2.15. The van der Waals surface area contributed by atoms with Crippen molar-refractivity contribution in [3.05, 3.63) is 26.7 Å². The van der Waals surface area contributed by atoms with Gasteiger partial charge in [0.05, 0.1) is 27.3 Å². The number of aromatic nitrogens is 3. The highest BCUT2D eigenvalue weighted by molar-refractivity contribution is 7.09. The van der Waals surface area contributed by atoms with E-state index < -0.39 is 0 Å². The molecule has 0 aromatic carbocycles. The van der Waals surface area contributed by atoms with Crippen molar-refractivity contribution < 1.29 is 0 Å². The topological polar surface area (TPSA) is 50.7 Å². The first-order valence-electron chi connectivity index (χ1n) is 7.39. The van der Waals surface area contributed by atoms with E-state index in [1.54, 1.807) is 11.3 Å². The number of hydrogen-bond acceptors (Lipinski definition) is 6. The summed E-state index contributed by atoms with van der Waals surface area (Å²) in [4.78, 5) is 6.05. The SMILES string of the molecule is CCCc1nnsc1C(Cc1nc(C(C)(C)C)cs1)NC. The van der Waals surface area contributed by atoms with Gasteiger partial charge in [0.2, 0.25) is 0 Å². The fourth-order valence-electron chi connectivity index (χ4n) is 2.14. The Kier molecular flexibility index (Phi) is 5.46. The monoisotopic (exact) mass is 324 g/mol. The average molecular weight is 325 g/mol. The Morgan fingerprint density at radius 3 is 2.67 bits per heavy atom. The molecule has 0 saturated heterocycles. The van der Waals surface area contributed by atoms with E-state index in [0.717, 1.165) is 25.0 Å². The summed E-state index contributed by atoms with van der Waals surface area (Å²) in [6.45, 7) is 8.78. The summed E-state index contributed by atoms with van der Waals surface area (Å²) < 4.78 is 4.13. The zero-order valence-corrected chi connectivity index (χ0v) is 15.1. The third-order valence-electron chi connectivity index (χ3n) is 3.44. The van der Waals surface area contributed by atoms with Crippen molar-refractivity contribution in [3.8, 4) is 0 Å². The fraction of sp³-hybridized carbons (Fsp3) is 0.667. The molecule has 116 valence electrons. The molecule has 0 amide bonds. The molecule has 2 rings (SSSR count). The zero-order chi connectivity index (χ0) is 15.5. The van der Waals surface area contributed by atoms with Crippen LogP contribution in [0, 0.1) is 0 Å². The minimum atomic E-state index is 0.114. The number of hydrogen-bond donors (Lipinski definition) is 1. The van der Waals surface area contributed by atoms with Crippen molar-refractivity contribution in [3.63, 3.8) is 0 Å². The Morgan fingerprint density at radius 2 is 2.10 bits per heavy atom. The summed E-state index contributed by atoms with van der Waals surface area (Å²) in [5, 5.41) is 11.0. The molecule has 0 fully saturated rings. The van der Waals surface area contributed by atoms with Crippen molar-refractivity contribution in [2.45, 2.75) is 58.4 Å². The van der Waals surface area contributed by atoms with Gasteiger partial charge in [-0.3, -0.25) is 0 Å². The number of nitrogens with one attached hydrogen (secondary N) is 1. The average Bonchev–Trinajstić information content (AvgIpc) is 3.04. The van der Waals surface area contributed by atoms with Gasteiger partial charge in [-0.05, 0) is 25.0 Å². The lowest BCUT2D eigenvalue weighted by molar-refractivity contribution is 0.560. The number of rotatable bonds is 6. The molecular weight excluding hydrogens is 300 g/mol. The second-order valence-electron chi connectivity index (χ2n) is 6.26. The minimum absolute atomic E-state index is 0.114. The van der Waals surface area contributed by atoms with Gasteiger partial charge >= 0.3 is 0 Å². The van der Waals surface area contributed by atoms with Crippen LogP contribution in [0.15, 0.2) is 5.38 Å². The molecule has 1 atom stereocenters. The summed E-state index contributed by atoms with van der Waals surface area (Å²) >= 11 is 3.26. The second-order valence-corrected chi connectivity index (χ2v) is 7.98. The summed E-state index contributed by atoms with van der Waals surface area (Å²) in [5.41, 5.74) is 2.42. The normalized spacial score (nSPS) is 13.6. The van der Waals surface area contributed by atoms with Crippen LogP contribution in [0.1, 0.15) is 61.4 Å². The Bertz CT molecular complexity index is 568. The van der Waals surface area contributed by atoms with E-state index >= 15 is 0 Å². The quantitative estimate of drug-likeness (QED) is 0.879. The molecule has 0 bridgehead atoms. The van der Waals surface area contributed by atoms with Crippen molar-refractivity contribution in [2.24, 2.45) is 0 Å². The molecule has 1 unspecified atom stereocenters. The van der Waals surface area contributed by atoms with E-state index in [0.29, 0.717) is 0 Å². The maximum atomic E-state index is 4.80. The van der Waals surface area contributed by atoms with Gasteiger partial charge in [-0.25, -0.2) is 4.98 Å². The molecule has 4 nitrogen and oxygen atoms in total. The van der Waals surface area contributed by atoms with Crippen LogP contribution in [-0.4, -0.2) is 21.6 Å². The highest BCUT2D eigenvalue weighted by Crippen LogP contribution is 2.29. The molecule has 2 aromatic rings. The minimum Gasteiger partial charge on any atom is -0.312 e. The molecule has 0 radical (unpaired) electrons. The first-order chi connectivity index (χ1) is 9.95. The molecule has 2 aromatic heterocycles. The molecule has 0 aliphatic carbocycles. The van der Waals surface area contributed by atoms with Gasteiger partial charge in [0.25, 0.3) is 0 Å². The molecule has 0 aliphatic heterocycles. The molecule has 0 aliphatic rings. The second kappa shape index (κ2) is 6.94. The van der Waals surface area contributed by atoms with Crippen LogP contribution >= 0.6 is 22.9 Å². The molecule has 6 heteroatoms. The van der Waals surface area contributed by atoms with Gasteiger partial charge in [0.15, 0.2) is 0 Å². The number of thiazole rings is 1. The standard InChI is InChI=1S/C15H24N4S2/c1-6-7-10-14(21-19-18-10)11(16-5)8-13-17-12(9-20-13)15(2,3)4/h9,11,16H,6-8H2,1-5H3. The lowest BCUT2D eigenvalue weighted by Crippen LogP contribution is -2.19. The van der Waals surface area contributed by atoms with E-state index in [2.05, 4.69) is 48.0 Å². The fourth-order valence-corrected chi connectivity index (χ4v) is 4.01. The van der Waals surface area contributed by atoms with E-state index in [1.807, 2.05) is 7.05 Å². The molecule has 0 spiro atoms. The van der Waals surface area contributed by atoms with Gasteiger partial charge in [-0.15, -0.1) is 16.4 Å². The van der Waals surface area contributed by atoms with Crippen LogP contribution in [0.3, 0.4) is 0 Å². The molecule has 2 heterocycles. The van der Waals surface area contributed by atoms with Crippen LogP contribution in [-0.2, 0) is 18.3 Å². The van der Waals surface area contributed by atoms with Gasteiger partial charge < -0.3 is 5.32 Å². The highest BCUT2D eigenvalue weighted by atomic mass is 32.1. The van der Waals surface area contributed by atoms with Crippen molar-refractivity contribution in [2.75, 3.05) is 7.05 Å². The van der Waals surface area contributed by atoms with Crippen molar-refractivity contribution in [1.82, 2.24) is 19.9 Å². The highest BCUT2D eigenvalue weighted by Gasteiger charge is 2.22. The third kappa shape index (κ3) is 4.08. The predicted octanol–water partition coefficient (Wildman–Crippen LogP) is 3.75. The number of nitrogens with zero attached hydrogens (tertiary/aromatic N) is 3. The third-order valence-corrected chi connectivity index (χ3v) is 5.19. The first kappa shape index (κ1) is 16.5. The number of likely N-dealkylation sites (N-methyl/N-ethyl adjacent to an activating group) is 1. The van der Waals surface area contributed by atoms with E-state index in [-0.39, 0.29) is 11.5 Å². The Labute approximate surface area is 135 Å². The number of aryl methyl sites for hydroxylation is 1. The lowest BCUT2D eigenvalue weighted by Gasteiger charge is -2.15. The van der Waals surface area contributed by atoms with Gasteiger partial charge in [0, 0.05) is 17.2 Å². The summed E-state index contributed by atoms with van der Waals surface area (Å²) in [5.74, 6) is 0. The first-order valence-corrected chi connectivity index (χ1v) is 9.04. The van der Waals surface area contributed by atoms with Crippen LogP contribution in [0.2, 0.25) is 0 Å². The Morgan fingerprint density at radius 1 is 1.33 bits per heavy atom. The van der Waals surface area contributed by atoms with Gasteiger partial charge in [0.1, 0.15) is 0 Å². The lowest BCUT2D eigenvalue weighted by atomic mass is 9.93. The molecule has 21 heavy (non-hydrogen) atoms. The van der Waals surface area contributed by atoms with Crippen LogP contribution < -0.4 is 5.32 Å². The molecular formula is C15H24N4S2. The summed E-state index contributed by atoms with van der Waals surface area (Å²) in [7, 11) is 2.00. The summed E-state index contributed by atoms with van der Waals surface area (Å²) in [6.07, 6.45) is 2.99. The van der Waals surface area contributed by atoms with E-state index in [1.165, 1.54) is 27.1 Å². The van der Waals surface area contributed by atoms with Crippen LogP contribution in [0.5, 0.6) is 0 Å². The maximum Gasteiger partial charge on any atom is 0.0947 e. The molecule has 0 saturated carbocycles. The predicted molar refractivity (Wildman–Crippen MR) is 90.2 cm³/mol. The van der Waals surface area contributed by atoms with Gasteiger partial charge in [-0.1, -0.05) is 38.6 Å². The maximum absolute atomic E-state index is 4.80.